The van der Waals surface area contributed by atoms with Crippen LogP contribution in [-0.2, 0) is 14.3 Å². The maximum atomic E-state index is 12.8. The highest BCUT2D eigenvalue weighted by atomic mass is 16.5. The Hall–Kier alpha value is -3.35. The van der Waals surface area contributed by atoms with Crippen molar-refractivity contribution in [1.82, 2.24) is 10.2 Å². The van der Waals surface area contributed by atoms with E-state index in [4.69, 9.17) is 4.74 Å². The second-order valence-electron chi connectivity index (χ2n) is 9.33. The number of unbranched alkanes of at least 4 members (excludes halogenated alkanes) is 1. The minimum Gasteiger partial charge on any atom is -0.480 e. The number of hydrogen-bond donors (Lipinski definition) is 2. The lowest BCUT2D eigenvalue weighted by atomic mass is 9.98. The Bertz CT molecular complexity index is 1000. The molecular formula is C27H34N2O5. The summed E-state index contributed by atoms with van der Waals surface area (Å²) in [5, 5.41) is 12.2. The third kappa shape index (κ3) is 5.41. The molecule has 0 radical (unpaired) electrons. The molecule has 34 heavy (non-hydrogen) atoms. The Morgan fingerprint density at radius 1 is 1.06 bits per heavy atom. The Morgan fingerprint density at radius 2 is 1.62 bits per heavy atom. The first kappa shape index (κ1) is 25.3. The average Bonchev–Trinajstić information content (AvgIpc) is 3.14. The molecule has 0 saturated heterocycles. The van der Waals surface area contributed by atoms with Crippen molar-refractivity contribution in [2.75, 3.05) is 13.7 Å². The number of likely N-dealkylation sites (N-methyl/N-ethyl adjacent to an activating group) is 1. The fraction of sp³-hybridized carbons (Fsp3) is 0.444. The fourth-order valence-electron chi connectivity index (χ4n) is 4.29. The molecule has 3 rings (SSSR count). The number of nitrogens with one attached hydrogen (secondary N) is 1. The number of carboxylic acids is 1. The monoisotopic (exact) mass is 466 g/mol. The maximum Gasteiger partial charge on any atom is 0.407 e. The Balaban J connectivity index is 1.64. The molecule has 0 spiro atoms. The van der Waals surface area contributed by atoms with E-state index < -0.39 is 23.6 Å². The number of carbonyl (C=O) groups excluding carboxylic acids is 2. The predicted octanol–water partition coefficient (Wildman–Crippen LogP) is 4.80. The van der Waals surface area contributed by atoms with Crippen molar-refractivity contribution >= 4 is 18.0 Å². The Morgan fingerprint density at radius 3 is 2.15 bits per heavy atom. The zero-order chi connectivity index (χ0) is 24.9. The molecule has 0 aliphatic heterocycles. The van der Waals surface area contributed by atoms with Gasteiger partial charge >= 0.3 is 12.1 Å². The number of ether oxygens (including phenoxy) is 1. The van der Waals surface area contributed by atoms with Crippen LogP contribution in [-0.4, -0.2) is 53.2 Å². The van der Waals surface area contributed by atoms with Crippen LogP contribution in [0, 0.1) is 0 Å². The van der Waals surface area contributed by atoms with Gasteiger partial charge in [0, 0.05) is 25.4 Å². The molecule has 1 aliphatic rings. The first-order chi connectivity index (χ1) is 16.2. The van der Waals surface area contributed by atoms with Gasteiger partial charge in [0.25, 0.3) is 0 Å². The van der Waals surface area contributed by atoms with E-state index in [2.05, 4.69) is 29.6 Å². The molecule has 0 unspecified atom stereocenters. The van der Waals surface area contributed by atoms with Crippen LogP contribution < -0.4 is 5.32 Å². The van der Waals surface area contributed by atoms with Gasteiger partial charge in [-0.15, -0.1) is 0 Å². The van der Waals surface area contributed by atoms with E-state index in [1.165, 1.54) is 25.8 Å². The molecule has 0 heterocycles. The lowest BCUT2D eigenvalue weighted by Crippen LogP contribution is -2.52. The molecule has 2 amide bonds. The van der Waals surface area contributed by atoms with E-state index in [1.54, 1.807) is 0 Å². The number of rotatable bonds is 10. The smallest absolute Gasteiger partial charge is 0.407 e. The summed E-state index contributed by atoms with van der Waals surface area (Å²) in [7, 11) is 1.47. The minimum atomic E-state index is -1.34. The van der Waals surface area contributed by atoms with E-state index >= 15 is 0 Å². The summed E-state index contributed by atoms with van der Waals surface area (Å²) in [5.41, 5.74) is 3.24. The van der Waals surface area contributed by atoms with Crippen molar-refractivity contribution < 1.29 is 24.2 Å². The SMILES string of the molecule is CCCC[C@H](CC(=O)N(C)C(C)(C)C(=O)O)NC(=O)OCC1c2ccccc2-c2ccccc21. The third-order valence-electron chi connectivity index (χ3n) is 6.73. The third-order valence-corrected chi connectivity index (χ3v) is 6.73. The second-order valence-corrected chi connectivity index (χ2v) is 9.33. The molecule has 2 aromatic rings. The molecular weight excluding hydrogens is 432 g/mol. The van der Waals surface area contributed by atoms with Crippen LogP contribution in [0.2, 0.25) is 0 Å². The van der Waals surface area contributed by atoms with Gasteiger partial charge in [0.15, 0.2) is 0 Å². The Kier molecular flexibility index (Phi) is 7.97. The van der Waals surface area contributed by atoms with Crippen molar-refractivity contribution in [3.05, 3.63) is 59.7 Å². The predicted molar refractivity (Wildman–Crippen MR) is 131 cm³/mol. The van der Waals surface area contributed by atoms with E-state index in [0.29, 0.717) is 6.42 Å². The van der Waals surface area contributed by atoms with E-state index in [1.807, 2.05) is 31.2 Å². The van der Waals surface area contributed by atoms with Crippen molar-refractivity contribution in [2.45, 2.75) is 64.0 Å². The zero-order valence-electron chi connectivity index (χ0n) is 20.3. The number of nitrogens with zero attached hydrogens (tertiary/aromatic N) is 1. The molecule has 0 saturated carbocycles. The molecule has 2 N–H and O–H groups in total. The molecule has 7 heteroatoms. The van der Waals surface area contributed by atoms with Crippen molar-refractivity contribution in [3.8, 4) is 11.1 Å². The molecule has 2 aromatic carbocycles. The first-order valence-corrected chi connectivity index (χ1v) is 11.8. The standard InChI is InChI=1S/C27H34N2O5/c1-5-6-11-18(16-24(30)29(4)27(2,3)25(31)32)28-26(33)34-17-23-21-14-9-7-12-19(21)20-13-8-10-15-22(20)23/h7-10,12-15,18,23H,5-6,11,16-17H2,1-4H3,(H,28,33)(H,31,32)/t18-/m1/s1. The number of aliphatic carboxylic acids is 1. The van der Waals surface area contributed by atoms with Crippen LogP contribution in [0.25, 0.3) is 11.1 Å². The summed E-state index contributed by atoms with van der Waals surface area (Å²) in [6, 6.07) is 15.8. The quantitative estimate of drug-likeness (QED) is 0.525. The minimum absolute atomic E-state index is 0.0113. The number of carbonyl (C=O) groups is 3. The van der Waals surface area contributed by atoms with E-state index in [-0.39, 0.29) is 24.9 Å². The zero-order valence-corrected chi connectivity index (χ0v) is 20.3. The van der Waals surface area contributed by atoms with Crippen LogP contribution in [0.1, 0.15) is 63.5 Å². The Labute approximate surface area is 201 Å². The number of alkyl carbamates (subject to hydrolysis) is 1. The molecule has 0 aromatic heterocycles. The average molecular weight is 467 g/mol. The molecule has 7 nitrogen and oxygen atoms in total. The van der Waals surface area contributed by atoms with Gasteiger partial charge in [-0.1, -0.05) is 68.3 Å². The fourth-order valence-corrected chi connectivity index (χ4v) is 4.29. The van der Waals surface area contributed by atoms with Crippen LogP contribution in [0.3, 0.4) is 0 Å². The van der Waals surface area contributed by atoms with Gasteiger partial charge in [0.2, 0.25) is 5.91 Å². The summed E-state index contributed by atoms with van der Waals surface area (Å²) in [6.45, 7) is 5.19. The van der Waals surface area contributed by atoms with Gasteiger partial charge in [0.1, 0.15) is 12.1 Å². The topological polar surface area (TPSA) is 95.9 Å². The number of amides is 2. The number of benzene rings is 2. The van der Waals surface area contributed by atoms with E-state index in [0.717, 1.165) is 35.1 Å². The highest BCUT2D eigenvalue weighted by Crippen LogP contribution is 2.44. The van der Waals surface area contributed by atoms with Crippen molar-refractivity contribution in [3.63, 3.8) is 0 Å². The highest BCUT2D eigenvalue weighted by molar-refractivity contribution is 5.86. The maximum absolute atomic E-state index is 12.8. The molecule has 1 aliphatic carbocycles. The number of fused-ring (bicyclic) bond motifs is 3. The van der Waals surface area contributed by atoms with Gasteiger partial charge in [-0.25, -0.2) is 9.59 Å². The van der Waals surface area contributed by atoms with Gasteiger partial charge < -0.3 is 20.1 Å². The molecule has 0 bridgehead atoms. The molecule has 0 fully saturated rings. The lowest BCUT2D eigenvalue weighted by molar-refractivity contribution is -0.155. The summed E-state index contributed by atoms with van der Waals surface area (Å²) < 4.78 is 5.63. The van der Waals surface area contributed by atoms with Crippen LogP contribution in [0.4, 0.5) is 4.79 Å². The summed E-state index contributed by atoms with van der Waals surface area (Å²) in [5.74, 6) is -1.47. The first-order valence-electron chi connectivity index (χ1n) is 11.8. The summed E-state index contributed by atoms with van der Waals surface area (Å²) >= 11 is 0. The number of hydrogen-bond acceptors (Lipinski definition) is 4. The largest absolute Gasteiger partial charge is 0.480 e. The normalized spacial score (nSPS) is 13.5. The lowest BCUT2D eigenvalue weighted by Gasteiger charge is -2.32. The highest BCUT2D eigenvalue weighted by Gasteiger charge is 2.36. The number of carboxylic acid groups (broad SMARTS) is 1. The van der Waals surface area contributed by atoms with Crippen LogP contribution >= 0.6 is 0 Å². The van der Waals surface area contributed by atoms with Crippen molar-refractivity contribution in [2.24, 2.45) is 0 Å². The van der Waals surface area contributed by atoms with E-state index in [9.17, 15) is 19.5 Å². The molecule has 1 atom stereocenters. The van der Waals surface area contributed by atoms with Crippen LogP contribution in [0.5, 0.6) is 0 Å². The van der Waals surface area contributed by atoms with Gasteiger partial charge in [0.05, 0.1) is 0 Å². The van der Waals surface area contributed by atoms with Crippen LogP contribution in [0.15, 0.2) is 48.5 Å². The van der Waals surface area contributed by atoms with Gasteiger partial charge in [-0.05, 0) is 42.5 Å². The van der Waals surface area contributed by atoms with Gasteiger partial charge in [-0.2, -0.15) is 0 Å². The summed E-state index contributed by atoms with van der Waals surface area (Å²) in [4.78, 5) is 38.2. The molecule has 182 valence electrons. The summed E-state index contributed by atoms with van der Waals surface area (Å²) in [6.07, 6.45) is 1.78. The second kappa shape index (κ2) is 10.7. The van der Waals surface area contributed by atoms with Crippen molar-refractivity contribution in [1.29, 1.82) is 0 Å². The van der Waals surface area contributed by atoms with Gasteiger partial charge in [-0.3, -0.25) is 4.79 Å².